The van der Waals surface area contributed by atoms with Crippen LogP contribution in [0.25, 0.3) is 0 Å². The SMILES string of the molecule is CCC(=N[Si](C)(C)c1ccccc1)c1ccccc1. The van der Waals surface area contributed by atoms with Crippen molar-refractivity contribution >= 4 is 19.1 Å². The summed E-state index contributed by atoms with van der Waals surface area (Å²) in [6.07, 6.45) is 0.979. The Hall–Kier alpha value is -1.67. The Kier molecular flexibility index (Phi) is 4.33. The number of rotatable bonds is 4. The molecule has 0 bridgehead atoms. The van der Waals surface area contributed by atoms with Gasteiger partial charge in [-0.25, -0.2) is 0 Å². The summed E-state index contributed by atoms with van der Waals surface area (Å²) in [5.74, 6) is 0. The summed E-state index contributed by atoms with van der Waals surface area (Å²) >= 11 is 0. The van der Waals surface area contributed by atoms with Crippen LogP contribution >= 0.6 is 0 Å². The minimum atomic E-state index is -1.76. The van der Waals surface area contributed by atoms with Gasteiger partial charge in [-0.15, -0.1) is 0 Å². The maximum Gasteiger partial charge on any atom is 0.206 e. The summed E-state index contributed by atoms with van der Waals surface area (Å²) in [7, 11) is -1.76. The highest BCUT2D eigenvalue weighted by atomic mass is 28.3. The van der Waals surface area contributed by atoms with E-state index < -0.39 is 8.24 Å². The first-order valence-electron chi connectivity index (χ1n) is 6.83. The molecule has 0 heterocycles. The third kappa shape index (κ3) is 3.41. The van der Waals surface area contributed by atoms with Crippen LogP contribution in [0, 0.1) is 0 Å². The lowest BCUT2D eigenvalue weighted by molar-refractivity contribution is 1.27. The molecule has 0 unspecified atom stereocenters. The molecule has 0 saturated heterocycles. The van der Waals surface area contributed by atoms with Crippen molar-refractivity contribution in [3.8, 4) is 0 Å². The van der Waals surface area contributed by atoms with Crippen LogP contribution in [0.4, 0.5) is 0 Å². The van der Waals surface area contributed by atoms with E-state index in [4.69, 9.17) is 4.66 Å². The molecule has 1 nitrogen and oxygen atoms in total. The summed E-state index contributed by atoms with van der Waals surface area (Å²) in [5.41, 5.74) is 2.47. The van der Waals surface area contributed by atoms with Gasteiger partial charge in [-0.1, -0.05) is 67.6 Å². The predicted octanol–water partition coefficient (Wildman–Crippen LogP) is 4.00. The van der Waals surface area contributed by atoms with Crippen LogP contribution < -0.4 is 5.19 Å². The van der Waals surface area contributed by atoms with Gasteiger partial charge in [-0.05, 0) is 30.3 Å². The molecular formula is C17H21NSi. The van der Waals surface area contributed by atoms with Crippen molar-refractivity contribution in [3.63, 3.8) is 0 Å². The molecule has 0 aliphatic carbocycles. The largest absolute Gasteiger partial charge is 0.320 e. The number of nitrogens with zero attached hydrogens (tertiary/aromatic N) is 1. The zero-order valence-corrected chi connectivity index (χ0v) is 12.9. The van der Waals surface area contributed by atoms with Crippen molar-refractivity contribution in [1.29, 1.82) is 0 Å². The Morgan fingerprint density at radius 1 is 0.895 bits per heavy atom. The fourth-order valence-electron chi connectivity index (χ4n) is 2.23. The molecule has 0 saturated carbocycles. The maximum absolute atomic E-state index is 5.12. The normalized spacial score (nSPS) is 12.5. The van der Waals surface area contributed by atoms with E-state index in [0.29, 0.717) is 0 Å². The summed E-state index contributed by atoms with van der Waals surface area (Å²) < 4.78 is 5.12. The summed E-state index contributed by atoms with van der Waals surface area (Å²) in [6.45, 7) is 6.79. The molecule has 0 aliphatic heterocycles. The fourth-order valence-corrected chi connectivity index (χ4v) is 4.33. The first kappa shape index (κ1) is 13.8. The van der Waals surface area contributed by atoms with Gasteiger partial charge in [0.15, 0.2) is 0 Å². The average molecular weight is 267 g/mol. The van der Waals surface area contributed by atoms with Gasteiger partial charge in [0.25, 0.3) is 0 Å². The van der Waals surface area contributed by atoms with E-state index in [1.807, 2.05) is 0 Å². The highest BCUT2D eigenvalue weighted by Crippen LogP contribution is 2.11. The van der Waals surface area contributed by atoms with Crippen LogP contribution in [0.1, 0.15) is 18.9 Å². The van der Waals surface area contributed by atoms with Gasteiger partial charge < -0.3 is 4.66 Å². The Morgan fingerprint density at radius 3 is 1.95 bits per heavy atom. The number of benzene rings is 2. The molecule has 2 heteroatoms. The monoisotopic (exact) mass is 267 g/mol. The quantitative estimate of drug-likeness (QED) is 0.586. The molecule has 19 heavy (non-hydrogen) atoms. The van der Waals surface area contributed by atoms with Gasteiger partial charge in [0, 0.05) is 5.71 Å². The average Bonchev–Trinajstić information content (AvgIpc) is 2.47. The van der Waals surface area contributed by atoms with Gasteiger partial charge >= 0.3 is 0 Å². The van der Waals surface area contributed by atoms with E-state index in [0.717, 1.165) is 6.42 Å². The zero-order valence-electron chi connectivity index (χ0n) is 11.9. The van der Waals surface area contributed by atoms with E-state index in [1.165, 1.54) is 16.5 Å². The smallest absolute Gasteiger partial charge is 0.206 e. The van der Waals surface area contributed by atoms with Crippen LogP contribution in [0.3, 0.4) is 0 Å². The lowest BCUT2D eigenvalue weighted by atomic mass is 10.1. The van der Waals surface area contributed by atoms with Gasteiger partial charge in [0.05, 0.1) is 0 Å². The first-order chi connectivity index (χ1) is 9.13. The molecule has 0 spiro atoms. The second kappa shape index (κ2) is 5.98. The minimum Gasteiger partial charge on any atom is -0.320 e. The first-order valence-corrected chi connectivity index (χ1v) is 9.78. The predicted molar refractivity (Wildman–Crippen MR) is 86.8 cm³/mol. The third-order valence-corrected chi connectivity index (χ3v) is 5.91. The van der Waals surface area contributed by atoms with Gasteiger partial charge in [0.1, 0.15) is 0 Å². The van der Waals surface area contributed by atoms with Crippen molar-refractivity contribution in [1.82, 2.24) is 0 Å². The molecule has 2 aromatic carbocycles. The van der Waals surface area contributed by atoms with Gasteiger partial charge in [-0.3, -0.25) is 0 Å². The molecule has 0 fully saturated rings. The highest BCUT2D eigenvalue weighted by Gasteiger charge is 2.23. The Balaban J connectivity index is 2.38. The summed E-state index contributed by atoms with van der Waals surface area (Å²) in [6, 6.07) is 21.2. The van der Waals surface area contributed by atoms with Crippen molar-refractivity contribution < 1.29 is 0 Å². The van der Waals surface area contributed by atoms with Gasteiger partial charge in [0.2, 0.25) is 8.24 Å². The molecule has 0 aliphatic rings. The van der Waals surface area contributed by atoms with E-state index in [2.05, 4.69) is 80.7 Å². The molecular weight excluding hydrogens is 246 g/mol. The molecule has 0 N–H and O–H groups in total. The third-order valence-electron chi connectivity index (χ3n) is 3.34. The lowest BCUT2D eigenvalue weighted by Crippen LogP contribution is -2.40. The molecule has 0 aromatic heterocycles. The molecule has 0 atom stereocenters. The lowest BCUT2D eigenvalue weighted by Gasteiger charge is -2.20. The second-order valence-corrected chi connectivity index (χ2v) is 9.12. The van der Waals surface area contributed by atoms with E-state index in [9.17, 15) is 0 Å². The van der Waals surface area contributed by atoms with E-state index in [-0.39, 0.29) is 0 Å². The Morgan fingerprint density at radius 2 is 1.42 bits per heavy atom. The van der Waals surface area contributed by atoms with Crippen LogP contribution in [-0.4, -0.2) is 13.9 Å². The van der Waals surface area contributed by atoms with Crippen molar-refractivity contribution in [3.05, 3.63) is 66.2 Å². The van der Waals surface area contributed by atoms with Crippen LogP contribution in [0.15, 0.2) is 65.3 Å². The number of hydrogen-bond donors (Lipinski definition) is 0. The highest BCUT2D eigenvalue weighted by molar-refractivity contribution is 6.89. The molecule has 0 radical (unpaired) electrons. The Bertz CT molecular complexity index is 544. The number of hydrogen-bond acceptors (Lipinski definition) is 1. The van der Waals surface area contributed by atoms with Crippen molar-refractivity contribution in [2.45, 2.75) is 26.4 Å². The second-order valence-electron chi connectivity index (χ2n) is 5.20. The molecule has 98 valence electrons. The molecule has 2 rings (SSSR count). The van der Waals surface area contributed by atoms with Crippen molar-refractivity contribution in [2.75, 3.05) is 0 Å². The fraction of sp³-hybridized carbons (Fsp3) is 0.235. The Labute approximate surface area is 117 Å². The van der Waals surface area contributed by atoms with Gasteiger partial charge in [-0.2, -0.15) is 0 Å². The zero-order chi connectivity index (χ0) is 13.7. The standard InChI is InChI=1S/C17H21NSi/c1-4-17(15-11-7-5-8-12-15)18-19(2,3)16-13-9-6-10-14-16/h5-14H,4H2,1-3H3. The molecule has 0 amide bonds. The summed E-state index contributed by atoms with van der Waals surface area (Å²) in [4.78, 5) is 0. The van der Waals surface area contributed by atoms with E-state index in [1.54, 1.807) is 0 Å². The molecule has 2 aromatic rings. The topological polar surface area (TPSA) is 12.4 Å². The summed E-state index contributed by atoms with van der Waals surface area (Å²) in [5, 5.41) is 1.39. The minimum absolute atomic E-state index is 0.979. The van der Waals surface area contributed by atoms with Crippen LogP contribution in [-0.2, 0) is 0 Å². The van der Waals surface area contributed by atoms with Crippen molar-refractivity contribution in [2.24, 2.45) is 4.66 Å². The van der Waals surface area contributed by atoms with Crippen LogP contribution in [0.5, 0.6) is 0 Å². The van der Waals surface area contributed by atoms with E-state index >= 15 is 0 Å². The maximum atomic E-state index is 5.12. The van der Waals surface area contributed by atoms with Crippen LogP contribution in [0.2, 0.25) is 13.1 Å².